The minimum atomic E-state index is -0.311. The lowest BCUT2D eigenvalue weighted by Crippen LogP contribution is -2.13. The average Bonchev–Trinajstić information content (AvgIpc) is 3.15. The Hall–Kier alpha value is -2.90. The molecule has 6 nitrogen and oxygen atoms in total. The van der Waals surface area contributed by atoms with E-state index in [0.717, 1.165) is 0 Å². The van der Waals surface area contributed by atoms with E-state index in [1.54, 1.807) is 48.0 Å². The summed E-state index contributed by atoms with van der Waals surface area (Å²) in [6, 6.07) is 11.3. The topological polar surface area (TPSA) is 80.3 Å². The summed E-state index contributed by atoms with van der Waals surface area (Å²) in [4.78, 5) is 28.4. The predicted molar refractivity (Wildman–Crippen MR) is 102 cm³/mol. The Kier molecular flexibility index (Phi) is 5.50. The number of benzene rings is 2. The van der Waals surface area contributed by atoms with Crippen LogP contribution in [-0.2, 0) is 0 Å². The summed E-state index contributed by atoms with van der Waals surface area (Å²) in [5.74, 6) is -0.0758. The van der Waals surface area contributed by atoms with Crippen molar-refractivity contribution in [1.82, 2.24) is 4.98 Å². The van der Waals surface area contributed by atoms with Gasteiger partial charge in [0, 0.05) is 28.4 Å². The number of nitrogens with one attached hydrogen (secondary N) is 2. The highest BCUT2D eigenvalue weighted by Crippen LogP contribution is 2.25. The Balaban J connectivity index is 1.66. The molecule has 3 rings (SSSR count). The number of hydrogen-bond acceptors (Lipinski definition) is 5. The molecule has 0 aliphatic carbocycles. The monoisotopic (exact) mass is 387 g/mol. The van der Waals surface area contributed by atoms with Crippen molar-refractivity contribution in [3.8, 4) is 5.75 Å². The average molecular weight is 388 g/mol. The van der Waals surface area contributed by atoms with Gasteiger partial charge in [0.2, 0.25) is 0 Å². The molecule has 0 atom stereocenters. The second-order valence-corrected chi connectivity index (χ2v) is 6.47. The van der Waals surface area contributed by atoms with Gasteiger partial charge in [-0.3, -0.25) is 14.9 Å². The maximum atomic E-state index is 12.3. The summed E-state index contributed by atoms with van der Waals surface area (Å²) in [5, 5.41) is 8.11. The van der Waals surface area contributed by atoms with Crippen LogP contribution < -0.4 is 15.4 Å². The van der Waals surface area contributed by atoms with E-state index in [1.165, 1.54) is 24.5 Å². The first-order valence-corrected chi connectivity index (χ1v) is 8.78. The first kappa shape index (κ1) is 17.9. The van der Waals surface area contributed by atoms with Gasteiger partial charge in [0.05, 0.1) is 12.1 Å². The molecular formula is C18H14ClN3O3S. The highest BCUT2D eigenvalue weighted by Gasteiger charge is 2.11. The van der Waals surface area contributed by atoms with Gasteiger partial charge in [-0.25, -0.2) is 4.98 Å². The lowest BCUT2D eigenvalue weighted by molar-refractivity contribution is 0.102. The third-order valence-electron chi connectivity index (χ3n) is 3.47. The van der Waals surface area contributed by atoms with Gasteiger partial charge < -0.3 is 10.1 Å². The van der Waals surface area contributed by atoms with Crippen LogP contribution in [0.3, 0.4) is 0 Å². The zero-order chi connectivity index (χ0) is 18.5. The van der Waals surface area contributed by atoms with Gasteiger partial charge in [0.1, 0.15) is 5.75 Å². The molecule has 1 heterocycles. The summed E-state index contributed by atoms with van der Waals surface area (Å²) in [5.41, 5.74) is 1.43. The second-order valence-electron chi connectivity index (χ2n) is 5.17. The van der Waals surface area contributed by atoms with Gasteiger partial charge in [-0.2, -0.15) is 0 Å². The first-order valence-electron chi connectivity index (χ1n) is 7.52. The number of nitrogens with zero attached hydrogens (tertiary/aromatic N) is 1. The highest BCUT2D eigenvalue weighted by atomic mass is 35.5. The van der Waals surface area contributed by atoms with Gasteiger partial charge in [0.15, 0.2) is 5.13 Å². The van der Waals surface area contributed by atoms with E-state index in [9.17, 15) is 9.59 Å². The van der Waals surface area contributed by atoms with E-state index in [4.69, 9.17) is 16.3 Å². The molecule has 2 N–H and O–H groups in total. The molecule has 0 radical (unpaired) electrons. The summed E-state index contributed by atoms with van der Waals surface area (Å²) in [7, 11) is 1.51. The quantitative estimate of drug-likeness (QED) is 0.683. The van der Waals surface area contributed by atoms with Crippen LogP contribution in [0.25, 0.3) is 0 Å². The van der Waals surface area contributed by atoms with Crippen molar-refractivity contribution in [2.24, 2.45) is 0 Å². The zero-order valence-corrected chi connectivity index (χ0v) is 15.2. The standard InChI is InChI=1S/C18H14ClN3O3S/c1-25-15-7-4-12(10-14(15)19)17(24)21-13-5-2-11(3-6-13)16(23)22-18-20-8-9-26-18/h2-10H,1H3,(H,21,24)(H,20,22,23). The molecule has 26 heavy (non-hydrogen) atoms. The van der Waals surface area contributed by atoms with E-state index >= 15 is 0 Å². The number of carbonyl (C=O) groups excluding carboxylic acids is 2. The fourth-order valence-electron chi connectivity index (χ4n) is 2.17. The van der Waals surface area contributed by atoms with Crippen LogP contribution in [-0.4, -0.2) is 23.9 Å². The van der Waals surface area contributed by atoms with Crippen LogP contribution >= 0.6 is 22.9 Å². The molecule has 2 amide bonds. The van der Waals surface area contributed by atoms with E-state index in [0.29, 0.717) is 32.7 Å². The maximum Gasteiger partial charge on any atom is 0.257 e. The smallest absolute Gasteiger partial charge is 0.257 e. The molecule has 0 saturated carbocycles. The number of methoxy groups -OCH3 is 1. The van der Waals surface area contributed by atoms with Crippen molar-refractivity contribution in [3.63, 3.8) is 0 Å². The van der Waals surface area contributed by atoms with E-state index < -0.39 is 0 Å². The van der Waals surface area contributed by atoms with Crippen LogP contribution in [0.4, 0.5) is 10.8 Å². The fraction of sp³-hybridized carbons (Fsp3) is 0.0556. The molecule has 132 valence electrons. The molecule has 0 aliphatic heterocycles. The first-order chi connectivity index (χ1) is 12.6. The number of anilines is 2. The van der Waals surface area contributed by atoms with Gasteiger partial charge in [-0.15, -0.1) is 11.3 Å². The summed E-state index contributed by atoms with van der Waals surface area (Å²) in [6.45, 7) is 0. The summed E-state index contributed by atoms with van der Waals surface area (Å²) in [6.07, 6.45) is 1.62. The second kappa shape index (κ2) is 7.99. The van der Waals surface area contributed by atoms with E-state index in [1.807, 2.05) is 0 Å². The SMILES string of the molecule is COc1ccc(C(=O)Nc2ccc(C(=O)Nc3nccs3)cc2)cc1Cl. The van der Waals surface area contributed by atoms with E-state index in [-0.39, 0.29) is 11.8 Å². The van der Waals surface area contributed by atoms with Crippen LogP contribution in [0.1, 0.15) is 20.7 Å². The summed E-state index contributed by atoms with van der Waals surface area (Å²) < 4.78 is 5.07. The lowest BCUT2D eigenvalue weighted by atomic mass is 10.1. The van der Waals surface area contributed by atoms with Gasteiger partial charge in [-0.05, 0) is 42.5 Å². The zero-order valence-electron chi connectivity index (χ0n) is 13.7. The fourth-order valence-corrected chi connectivity index (χ4v) is 2.95. The van der Waals surface area contributed by atoms with Crippen LogP contribution in [0.2, 0.25) is 5.02 Å². The van der Waals surface area contributed by atoms with Crippen molar-refractivity contribution in [1.29, 1.82) is 0 Å². The molecule has 3 aromatic rings. The molecule has 0 saturated heterocycles. The van der Waals surface area contributed by atoms with Crippen molar-refractivity contribution < 1.29 is 14.3 Å². The van der Waals surface area contributed by atoms with Crippen molar-refractivity contribution in [2.75, 3.05) is 17.7 Å². The number of halogens is 1. The Morgan fingerprint density at radius 3 is 2.35 bits per heavy atom. The molecule has 0 spiro atoms. The Labute approximate surface area is 158 Å². The highest BCUT2D eigenvalue weighted by molar-refractivity contribution is 7.13. The van der Waals surface area contributed by atoms with Gasteiger partial charge >= 0.3 is 0 Å². The minimum absolute atomic E-state index is 0.264. The van der Waals surface area contributed by atoms with Crippen LogP contribution in [0, 0.1) is 0 Å². The molecule has 0 fully saturated rings. The number of amides is 2. The Bertz CT molecular complexity index is 927. The molecule has 8 heteroatoms. The number of thiazole rings is 1. The maximum absolute atomic E-state index is 12.3. The normalized spacial score (nSPS) is 10.2. The number of carbonyl (C=O) groups is 2. The molecule has 0 unspecified atom stereocenters. The van der Waals surface area contributed by atoms with Crippen molar-refractivity contribution in [2.45, 2.75) is 0 Å². The molecular weight excluding hydrogens is 374 g/mol. The number of ether oxygens (including phenoxy) is 1. The summed E-state index contributed by atoms with van der Waals surface area (Å²) >= 11 is 7.38. The number of rotatable bonds is 5. The third-order valence-corrected chi connectivity index (χ3v) is 4.46. The number of aromatic nitrogens is 1. The minimum Gasteiger partial charge on any atom is -0.495 e. The van der Waals surface area contributed by atoms with Gasteiger partial charge in [0.25, 0.3) is 11.8 Å². The van der Waals surface area contributed by atoms with Crippen LogP contribution in [0.5, 0.6) is 5.75 Å². The number of hydrogen-bond donors (Lipinski definition) is 2. The van der Waals surface area contributed by atoms with Crippen molar-refractivity contribution in [3.05, 3.63) is 70.2 Å². The Morgan fingerprint density at radius 2 is 1.73 bits per heavy atom. The van der Waals surface area contributed by atoms with Crippen molar-refractivity contribution >= 4 is 45.6 Å². The lowest BCUT2D eigenvalue weighted by Gasteiger charge is -2.08. The van der Waals surface area contributed by atoms with Gasteiger partial charge in [-0.1, -0.05) is 11.6 Å². The predicted octanol–water partition coefficient (Wildman–Crippen LogP) is 4.31. The molecule has 0 aliphatic rings. The third kappa shape index (κ3) is 4.19. The molecule has 0 bridgehead atoms. The molecule has 2 aromatic carbocycles. The Morgan fingerprint density at radius 1 is 1.04 bits per heavy atom. The molecule has 1 aromatic heterocycles. The largest absolute Gasteiger partial charge is 0.495 e. The van der Waals surface area contributed by atoms with E-state index in [2.05, 4.69) is 15.6 Å². The van der Waals surface area contributed by atoms with Crippen LogP contribution in [0.15, 0.2) is 54.0 Å².